The van der Waals surface area contributed by atoms with E-state index in [2.05, 4.69) is 10.6 Å². The third-order valence-electron chi connectivity index (χ3n) is 2.92. The lowest BCUT2D eigenvalue weighted by Crippen LogP contribution is -2.70. The molecule has 100 valence electrons. The van der Waals surface area contributed by atoms with Crippen LogP contribution in [-0.4, -0.2) is 72.5 Å². The molecule has 0 aromatic carbocycles. The monoisotopic (exact) mass is 245 g/mol. The molecule has 4 N–H and O–H groups in total. The Kier molecular flexibility index (Phi) is 4.48. The average Bonchev–Trinajstić information content (AvgIpc) is 2.06. The highest BCUT2D eigenvalue weighted by atomic mass is 16.4. The van der Waals surface area contributed by atoms with Crippen molar-refractivity contribution in [1.82, 2.24) is 15.5 Å². The molecule has 1 rings (SSSR count). The van der Waals surface area contributed by atoms with Crippen LogP contribution in [0, 0.1) is 0 Å². The van der Waals surface area contributed by atoms with Gasteiger partial charge in [-0.25, -0.2) is 0 Å². The lowest BCUT2D eigenvalue weighted by atomic mass is 9.87. The van der Waals surface area contributed by atoms with Gasteiger partial charge in [0.25, 0.3) is 0 Å². The summed E-state index contributed by atoms with van der Waals surface area (Å²) >= 11 is 0. The van der Waals surface area contributed by atoms with Gasteiger partial charge in [0.1, 0.15) is 0 Å². The van der Waals surface area contributed by atoms with Crippen LogP contribution in [0.2, 0.25) is 0 Å². The molecule has 0 saturated carbocycles. The third-order valence-corrected chi connectivity index (χ3v) is 2.92. The fourth-order valence-corrected chi connectivity index (χ4v) is 2.14. The van der Waals surface area contributed by atoms with Gasteiger partial charge in [0.15, 0.2) is 0 Å². The number of likely N-dealkylation sites (N-methyl/N-ethyl adjacent to an activating group) is 1. The predicted octanol–water partition coefficient (Wildman–Crippen LogP) is -1.29. The first-order valence-corrected chi connectivity index (χ1v) is 5.79. The average molecular weight is 245 g/mol. The van der Waals surface area contributed by atoms with Crippen molar-refractivity contribution in [3.63, 3.8) is 0 Å². The summed E-state index contributed by atoms with van der Waals surface area (Å²) in [5.41, 5.74) is -1.26. The molecular weight excluding hydrogens is 222 g/mol. The highest BCUT2D eigenvalue weighted by Crippen LogP contribution is 2.17. The van der Waals surface area contributed by atoms with E-state index < -0.39 is 17.1 Å². The molecule has 1 saturated heterocycles. The highest BCUT2D eigenvalue weighted by molar-refractivity contribution is 5.68. The predicted molar refractivity (Wildman–Crippen MR) is 65.0 cm³/mol. The maximum Gasteiger partial charge on any atom is 0.305 e. The van der Waals surface area contributed by atoms with E-state index in [9.17, 15) is 9.90 Å². The Bertz CT molecular complexity index is 275. The van der Waals surface area contributed by atoms with Gasteiger partial charge in [0.05, 0.1) is 17.6 Å². The Morgan fingerprint density at radius 3 is 2.47 bits per heavy atom. The lowest BCUT2D eigenvalue weighted by molar-refractivity contribution is -0.139. The first-order valence-electron chi connectivity index (χ1n) is 5.79. The molecule has 1 aliphatic heterocycles. The molecule has 0 aliphatic carbocycles. The van der Waals surface area contributed by atoms with Crippen LogP contribution in [0.15, 0.2) is 0 Å². The van der Waals surface area contributed by atoms with E-state index >= 15 is 0 Å². The second-order valence-corrected chi connectivity index (χ2v) is 5.54. The number of carboxylic acid groups (broad SMARTS) is 1. The van der Waals surface area contributed by atoms with Crippen molar-refractivity contribution in [3.8, 4) is 0 Å². The van der Waals surface area contributed by atoms with E-state index in [4.69, 9.17) is 5.11 Å². The minimum Gasteiger partial charge on any atom is -0.481 e. The molecule has 0 spiro atoms. The molecule has 0 radical (unpaired) electrons. The minimum absolute atomic E-state index is 0.0814. The third kappa shape index (κ3) is 4.59. The van der Waals surface area contributed by atoms with Gasteiger partial charge >= 0.3 is 5.97 Å². The number of aliphatic carboxylic acids is 1. The molecule has 0 aromatic rings. The summed E-state index contributed by atoms with van der Waals surface area (Å²) in [6.07, 6.45) is 0.0814. The summed E-state index contributed by atoms with van der Waals surface area (Å²) < 4.78 is 0. The molecule has 1 fully saturated rings. The summed E-state index contributed by atoms with van der Waals surface area (Å²) in [4.78, 5) is 12.7. The number of hydrogen-bond acceptors (Lipinski definition) is 5. The first-order chi connectivity index (χ1) is 7.75. The molecule has 1 atom stereocenters. The Morgan fingerprint density at radius 1 is 1.53 bits per heavy atom. The molecule has 1 aliphatic rings. The summed E-state index contributed by atoms with van der Waals surface area (Å²) in [6.45, 7) is 3.95. The van der Waals surface area contributed by atoms with Crippen LogP contribution in [0.3, 0.4) is 0 Å². The highest BCUT2D eigenvalue weighted by Gasteiger charge is 2.40. The summed E-state index contributed by atoms with van der Waals surface area (Å²) in [6, 6.07) is 0. The van der Waals surface area contributed by atoms with Gasteiger partial charge in [-0.1, -0.05) is 0 Å². The van der Waals surface area contributed by atoms with Crippen molar-refractivity contribution >= 4 is 5.97 Å². The van der Waals surface area contributed by atoms with Gasteiger partial charge in [0.2, 0.25) is 0 Å². The number of carbonyl (C=O) groups is 1. The molecule has 0 bridgehead atoms. The lowest BCUT2D eigenvalue weighted by Gasteiger charge is -2.44. The van der Waals surface area contributed by atoms with Gasteiger partial charge in [-0.2, -0.15) is 0 Å². The zero-order valence-corrected chi connectivity index (χ0v) is 10.8. The molecule has 17 heavy (non-hydrogen) atoms. The molecule has 0 amide bonds. The molecular formula is C11H23N3O3. The molecule has 6 nitrogen and oxygen atoms in total. The van der Waals surface area contributed by atoms with E-state index in [0.29, 0.717) is 26.2 Å². The number of nitrogens with one attached hydrogen (secondary N) is 2. The normalized spacial score (nSPS) is 21.9. The van der Waals surface area contributed by atoms with Crippen molar-refractivity contribution in [3.05, 3.63) is 0 Å². The summed E-state index contributed by atoms with van der Waals surface area (Å²) in [5, 5.41) is 25.2. The van der Waals surface area contributed by atoms with Gasteiger partial charge in [-0.15, -0.1) is 0 Å². The van der Waals surface area contributed by atoms with Crippen molar-refractivity contribution in [2.75, 3.05) is 40.3 Å². The number of aliphatic hydroxyl groups is 1. The van der Waals surface area contributed by atoms with Gasteiger partial charge < -0.3 is 25.7 Å². The number of carboxylic acids is 1. The Labute approximate surface area is 102 Å². The van der Waals surface area contributed by atoms with Crippen molar-refractivity contribution < 1.29 is 15.0 Å². The van der Waals surface area contributed by atoms with E-state index in [1.54, 1.807) is 6.92 Å². The van der Waals surface area contributed by atoms with Crippen LogP contribution in [0.4, 0.5) is 0 Å². The Hall–Kier alpha value is -0.690. The smallest absolute Gasteiger partial charge is 0.305 e. The number of nitrogens with zero attached hydrogens (tertiary/aromatic N) is 1. The second-order valence-electron chi connectivity index (χ2n) is 5.54. The number of rotatable bonds is 7. The molecule has 6 heteroatoms. The van der Waals surface area contributed by atoms with Crippen LogP contribution in [0.1, 0.15) is 13.3 Å². The van der Waals surface area contributed by atoms with Crippen LogP contribution in [-0.2, 0) is 4.79 Å². The van der Waals surface area contributed by atoms with E-state index in [0.717, 1.165) is 0 Å². The zero-order chi connectivity index (χ0) is 13.1. The quantitative estimate of drug-likeness (QED) is 0.446. The van der Waals surface area contributed by atoms with Gasteiger partial charge in [-0.05, 0) is 21.0 Å². The van der Waals surface area contributed by atoms with Crippen molar-refractivity contribution in [2.24, 2.45) is 0 Å². The minimum atomic E-state index is -0.857. The van der Waals surface area contributed by atoms with Gasteiger partial charge in [-0.3, -0.25) is 4.79 Å². The SMILES string of the molecule is CN(C)CC(C)(O)CNC1(CC(=O)O)CNC1. The summed E-state index contributed by atoms with van der Waals surface area (Å²) in [7, 11) is 3.79. The number of hydrogen-bond donors (Lipinski definition) is 4. The Morgan fingerprint density at radius 2 is 2.12 bits per heavy atom. The maximum absolute atomic E-state index is 10.8. The van der Waals surface area contributed by atoms with Gasteiger partial charge in [0, 0.05) is 26.2 Å². The van der Waals surface area contributed by atoms with E-state index in [1.165, 1.54) is 0 Å². The zero-order valence-electron chi connectivity index (χ0n) is 10.8. The van der Waals surface area contributed by atoms with Crippen LogP contribution in [0.25, 0.3) is 0 Å². The van der Waals surface area contributed by atoms with Crippen molar-refractivity contribution in [1.29, 1.82) is 0 Å². The van der Waals surface area contributed by atoms with Crippen LogP contribution < -0.4 is 10.6 Å². The topological polar surface area (TPSA) is 84.8 Å². The van der Waals surface area contributed by atoms with Crippen LogP contribution in [0.5, 0.6) is 0 Å². The fraction of sp³-hybridized carbons (Fsp3) is 0.909. The molecule has 0 aromatic heterocycles. The second kappa shape index (κ2) is 5.30. The maximum atomic E-state index is 10.8. The fourth-order valence-electron chi connectivity index (χ4n) is 2.14. The van der Waals surface area contributed by atoms with E-state index in [-0.39, 0.29) is 6.42 Å². The summed E-state index contributed by atoms with van der Waals surface area (Å²) in [5.74, 6) is -0.814. The largest absolute Gasteiger partial charge is 0.481 e. The first kappa shape index (κ1) is 14.4. The standard InChI is InChI=1S/C11H23N3O3/c1-10(17,8-14(2)3)5-13-11(4-9(15)16)6-12-7-11/h12-13,17H,4-8H2,1-3H3,(H,15,16). The Balaban J connectivity index is 2.44. The molecule has 1 heterocycles. The van der Waals surface area contributed by atoms with Crippen LogP contribution >= 0.6 is 0 Å². The van der Waals surface area contributed by atoms with Crippen molar-refractivity contribution in [2.45, 2.75) is 24.5 Å². The number of β-amino-alcohol motifs (C(OH)–C–C–N with tert-alkyl or cyclic N) is 1. The van der Waals surface area contributed by atoms with E-state index in [1.807, 2.05) is 19.0 Å². The molecule has 1 unspecified atom stereocenters.